The molecule has 2 amide bonds. The molecule has 0 unspecified atom stereocenters. The Balaban J connectivity index is 2.01. The maximum absolute atomic E-state index is 12.2. The third kappa shape index (κ3) is 3.93. The number of carbonyl (C=O) groups is 2. The van der Waals surface area contributed by atoms with Crippen molar-refractivity contribution >= 4 is 17.7 Å². The Bertz CT molecular complexity index is 534. The Hall–Kier alpha value is -2.11. The predicted molar refractivity (Wildman–Crippen MR) is 79.1 cm³/mol. The van der Waals surface area contributed by atoms with Gasteiger partial charge in [-0.3, -0.25) is 14.7 Å². The van der Waals surface area contributed by atoms with Gasteiger partial charge in [0.05, 0.1) is 11.9 Å². The lowest BCUT2D eigenvalue weighted by Crippen LogP contribution is -2.53. The lowest BCUT2D eigenvalue weighted by Gasteiger charge is -2.35. The molecule has 1 aromatic heterocycles. The second-order valence-corrected chi connectivity index (χ2v) is 6.11. The van der Waals surface area contributed by atoms with E-state index in [0.717, 1.165) is 11.4 Å². The summed E-state index contributed by atoms with van der Waals surface area (Å²) in [5, 5.41) is 0. The minimum atomic E-state index is -0.557. The molecule has 0 bridgehead atoms. The molecular weight excluding hydrogens is 270 g/mol. The van der Waals surface area contributed by atoms with Crippen LogP contribution >= 0.6 is 0 Å². The second-order valence-electron chi connectivity index (χ2n) is 6.11. The lowest BCUT2D eigenvalue weighted by atomic mass is 10.2. The van der Waals surface area contributed by atoms with Crippen LogP contribution in [0.4, 0.5) is 10.5 Å². The third-order valence-electron chi connectivity index (χ3n) is 3.08. The highest BCUT2D eigenvalue weighted by molar-refractivity contribution is 5.97. The Labute approximate surface area is 124 Å². The van der Waals surface area contributed by atoms with Crippen LogP contribution in [0.3, 0.4) is 0 Å². The van der Waals surface area contributed by atoms with E-state index in [4.69, 9.17) is 4.74 Å². The van der Waals surface area contributed by atoms with Gasteiger partial charge in [-0.25, -0.2) is 4.79 Å². The van der Waals surface area contributed by atoms with Crippen molar-refractivity contribution in [3.63, 3.8) is 0 Å². The number of amides is 2. The molecule has 1 aliphatic heterocycles. The van der Waals surface area contributed by atoms with Crippen LogP contribution in [0.5, 0.6) is 0 Å². The summed E-state index contributed by atoms with van der Waals surface area (Å²) in [6.45, 7) is 8.25. The van der Waals surface area contributed by atoms with Crippen LogP contribution in [-0.4, -0.2) is 47.1 Å². The number of nitrogens with zero attached hydrogens (tertiary/aromatic N) is 3. The molecule has 6 nitrogen and oxygen atoms in total. The third-order valence-corrected chi connectivity index (χ3v) is 3.08. The molecule has 1 saturated heterocycles. The first-order valence-corrected chi connectivity index (χ1v) is 6.97. The first-order chi connectivity index (χ1) is 9.76. The maximum Gasteiger partial charge on any atom is 0.410 e. The first kappa shape index (κ1) is 15.3. The summed E-state index contributed by atoms with van der Waals surface area (Å²) in [6.07, 6.45) is 1.23. The number of hydrogen-bond donors (Lipinski definition) is 0. The highest BCUT2D eigenvalue weighted by Gasteiger charge is 2.30. The number of ether oxygens (including phenoxy) is 1. The Kier molecular flexibility index (Phi) is 4.16. The minimum Gasteiger partial charge on any atom is -0.444 e. The molecule has 0 aliphatic carbocycles. The fraction of sp³-hybridized carbons (Fsp3) is 0.533. The van der Waals surface area contributed by atoms with Crippen molar-refractivity contribution in [1.82, 2.24) is 9.88 Å². The summed E-state index contributed by atoms with van der Waals surface area (Å²) in [5.41, 5.74) is 1.10. The Morgan fingerprint density at radius 1 is 1.29 bits per heavy atom. The van der Waals surface area contributed by atoms with Gasteiger partial charge >= 0.3 is 6.09 Å². The van der Waals surface area contributed by atoms with Crippen LogP contribution in [0.25, 0.3) is 0 Å². The fourth-order valence-corrected chi connectivity index (χ4v) is 2.05. The molecule has 0 radical (unpaired) electrons. The van der Waals surface area contributed by atoms with Gasteiger partial charge in [-0.2, -0.15) is 0 Å². The highest BCUT2D eigenvalue weighted by Crippen LogP contribution is 2.18. The second kappa shape index (κ2) is 5.71. The molecule has 114 valence electrons. The van der Waals surface area contributed by atoms with E-state index >= 15 is 0 Å². The zero-order chi connectivity index (χ0) is 15.6. The van der Waals surface area contributed by atoms with Gasteiger partial charge in [-0.15, -0.1) is 0 Å². The molecule has 6 heteroatoms. The van der Waals surface area contributed by atoms with E-state index in [0.29, 0.717) is 13.1 Å². The largest absolute Gasteiger partial charge is 0.444 e. The molecule has 0 atom stereocenters. The molecule has 1 fully saturated rings. The molecule has 1 aliphatic rings. The smallest absolute Gasteiger partial charge is 0.410 e. The first-order valence-electron chi connectivity index (χ1n) is 6.97. The van der Waals surface area contributed by atoms with Crippen molar-refractivity contribution in [3.8, 4) is 0 Å². The summed E-state index contributed by atoms with van der Waals surface area (Å²) >= 11 is 0. The normalized spacial score (nSPS) is 16.1. The summed E-state index contributed by atoms with van der Waals surface area (Å²) in [4.78, 5) is 31.5. The van der Waals surface area contributed by atoms with E-state index in [-0.39, 0.29) is 12.5 Å². The molecule has 21 heavy (non-hydrogen) atoms. The molecule has 1 aromatic rings. The number of aromatic nitrogens is 1. The van der Waals surface area contributed by atoms with Crippen LogP contribution in [0.1, 0.15) is 26.5 Å². The molecule has 2 heterocycles. The maximum atomic E-state index is 12.2. The number of carbonyl (C=O) groups excluding carboxylic acids is 2. The van der Waals surface area contributed by atoms with Crippen LogP contribution in [0, 0.1) is 6.92 Å². The average molecular weight is 291 g/mol. The van der Waals surface area contributed by atoms with Gasteiger partial charge in [0.15, 0.2) is 0 Å². The van der Waals surface area contributed by atoms with Gasteiger partial charge in [0.25, 0.3) is 0 Å². The van der Waals surface area contributed by atoms with Crippen molar-refractivity contribution in [2.45, 2.75) is 33.3 Å². The minimum absolute atomic E-state index is 0.0305. The monoisotopic (exact) mass is 291 g/mol. The number of hydrogen-bond acceptors (Lipinski definition) is 4. The van der Waals surface area contributed by atoms with Crippen molar-refractivity contribution in [1.29, 1.82) is 0 Å². The molecule has 0 spiro atoms. The van der Waals surface area contributed by atoms with Crippen molar-refractivity contribution in [2.24, 2.45) is 0 Å². The van der Waals surface area contributed by atoms with Crippen molar-refractivity contribution < 1.29 is 14.3 Å². The number of aryl methyl sites for hydroxylation is 1. The highest BCUT2D eigenvalue weighted by atomic mass is 16.6. The van der Waals surface area contributed by atoms with E-state index in [1.165, 1.54) is 4.90 Å². The van der Waals surface area contributed by atoms with Crippen LogP contribution in [0.15, 0.2) is 18.3 Å². The van der Waals surface area contributed by atoms with E-state index in [1.807, 2.05) is 19.1 Å². The predicted octanol–water partition coefficient (Wildman–Crippen LogP) is 1.97. The molecular formula is C15H21N3O3. The molecule has 0 saturated carbocycles. The summed E-state index contributed by atoms with van der Waals surface area (Å²) in [7, 11) is 0. The summed E-state index contributed by atoms with van der Waals surface area (Å²) < 4.78 is 5.29. The number of piperazine rings is 1. The standard InChI is InChI=1S/C15H21N3O3/c1-11-5-6-12(9-16-11)18-8-7-17(10-13(18)19)14(20)21-15(2,3)4/h5-6,9H,7-8,10H2,1-4H3. The Morgan fingerprint density at radius 2 is 2.00 bits per heavy atom. The zero-order valence-corrected chi connectivity index (χ0v) is 12.9. The summed E-state index contributed by atoms with van der Waals surface area (Å²) in [5.74, 6) is -0.127. The quantitative estimate of drug-likeness (QED) is 0.793. The van der Waals surface area contributed by atoms with E-state index in [9.17, 15) is 9.59 Å². The molecule has 2 rings (SSSR count). The van der Waals surface area contributed by atoms with E-state index < -0.39 is 11.7 Å². The van der Waals surface area contributed by atoms with Crippen LogP contribution < -0.4 is 4.90 Å². The van der Waals surface area contributed by atoms with Crippen molar-refractivity contribution in [3.05, 3.63) is 24.0 Å². The fourth-order valence-electron chi connectivity index (χ4n) is 2.05. The summed E-state index contributed by atoms with van der Waals surface area (Å²) in [6, 6.07) is 3.73. The van der Waals surface area contributed by atoms with E-state index in [1.54, 1.807) is 31.9 Å². The van der Waals surface area contributed by atoms with E-state index in [2.05, 4.69) is 4.98 Å². The van der Waals surface area contributed by atoms with Gasteiger partial charge < -0.3 is 9.64 Å². The topological polar surface area (TPSA) is 62.7 Å². The Morgan fingerprint density at radius 3 is 2.52 bits per heavy atom. The number of pyridine rings is 1. The zero-order valence-electron chi connectivity index (χ0n) is 12.9. The van der Waals surface area contributed by atoms with Gasteiger partial charge in [0.1, 0.15) is 12.1 Å². The van der Waals surface area contributed by atoms with Gasteiger partial charge in [-0.1, -0.05) is 0 Å². The molecule has 0 aromatic carbocycles. The number of anilines is 1. The van der Waals surface area contributed by atoms with Gasteiger partial charge in [0, 0.05) is 18.8 Å². The molecule has 0 N–H and O–H groups in total. The number of rotatable bonds is 1. The average Bonchev–Trinajstić information content (AvgIpc) is 2.38. The van der Waals surface area contributed by atoms with Crippen molar-refractivity contribution in [2.75, 3.05) is 24.5 Å². The van der Waals surface area contributed by atoms with Crippen LogP contribution in [0.2, 0.25) is 0 Å². The SMILES string of the molecule is Cc1ccc(N2CCN(C(=O)OC(C)(C)C)CC2=O)cn1. The lowest BCUT2D eigenvalue weighted by molar-refractivity contribution is -0.121. The van der Waals surface area contributed by atoms with Crippen LogP contribution in [-0.2, 0) is 9.53 Å². The van der Waals surface area contributed by atoms with Gasteiger partial charge in [-0.05, 0) is 39.8 Å². The van der Waals surface area contributed by atoms with Gasteiger partial charge in [0.2, 0.25) is 5.91 Å².